The highest BCUT2D eigenvalue weighted by atomic mass is 16.8. The van der Waals surface area contributed by atoms with Crippen LogP contribution in [0.15, 0.2) is 0 Å². The highest BCUT2D eigenvalue weighted by Crippen LogP contribution is 2.28. The summed E-state index contributed by atoms with van der Waals surface area (Å²) >= 11 is 0. The molecule has 0 aromatic heterocycles. The van der Waals surface area contributed by atoms with Crippen LogP contribution >= 0.6 is 0 Å². The smallest absolute Gasteiger partial charge is 0.338 e. The molecule has 2 atom stereocenters. The van der Waals surface area contributed by atoms with Crippen LogP contribution in [-0.2, 0) is 23.8 Å². The van der Waals surface area contributed by atoms with E-state index in [2.05, 4.69) is 0 Å². The summed E-state index contributed by atoms with van der Waals surface area (Å²) in [6, 6.07) is 0. The molecule has 0 aromatic carbocycles. The Morgan fingerprint density at radius 3 is 2.33 bits per heavy atom. The molecule has 1 aliphatic rings. The van der Waals surface area contributed by atoms with E-state index in [1.807, 2.05) is 0 Å². The zero-order valence-electron chi connectivity index (χ0n) is 8.85. The van der Waals surface area contributed by atoms with E-state index < -0.39 is 29.9 Å². The number of carboxylic acid groups (broad SMARTS) is 1. The van der Waals surface area contributed by atoms with Gasteiger partial charge in [-0.25, -0.2) is 9.59 Å². The molecule has 1 rings (SSSR count). The van der Waals surface area contributed by atoms with E-state index >= 15 is 0 Å². The molecule has 86 valence electrons. The van der Waals surface area contributed by atoms with E-state index in [0.717, 1.165) is 0 Å². The molecule has 0 saturated carbocycles. The first-order chi connectivity index (χ1) is 6.87. The van der Waals surface area contributed by atoms with Gasteiger partial charge in [-0.1, -0.05) is 0 Å². The zero-order valence-corrected chi connectivity index (χ0v) is 8.85. The predicted molar refractivity (Wildman–Crippen MR) is 48.1 cm³/mol. The first kappa shape index (κ1) is 11.9. The minimum atomic E-state index is -1.31. The molecule has 1 heterocycles. The van der Waals surface area contributed by atoms with Gasteiger partial charge in [-0.2, -0.15) is 0 Å². The molecule has 1 fully saturated rings. The van der Waals surface area contributed by atoms with E-state index in [1.54, 1.807) is 20.8 Å². The number of hydrogen-bond acceptors (Lipinski definition) is 5. The molecule has 0 radical (unpaired) electrons. The summed E-state index contributed by atoms with van der Waals surface area (Å²) in [5.74, 6) is -3.03. The van der Waals surface area contributed by atoms with Crippen LogP contribution in [0.5, 0.6) is 0 Å². The fraction of sp³-hybridized carbons (Fsp3) is 0.778. The van der Waals surface area contributed by atoms with Gasteiger partial charge in [-0.15, -0.1) is 0 Å². The molecule has 6 nitrogen and oxygen atoms in total. The van der Waals surface area contributed by atoms with Gasteiger partial charge in [0.15, 0.2) is 18.0 Å². The lowest BCUT2D eigenvalue weighted by atomic mass is 10.2. The van der Waals surface area contributed by atoms with Gasteiger partial charge in [-0.3, -0.25) is 0 Å². The SMILES string of the molecule is CCOC(=O)C1OC(C)(C)O[C@@H]1C(=O)O. The molecular weight excluding hydrogens is 204 g/mol. The molecule has 6 heteroatoms. The van der Waals surface area contributed by atoms with E-state index in [4.69, 9.17) is 19.3 Å². The van der Waals surface area contributed by atoms with Crippen molar-refractivity contribution in [2.45, 2.75) is 38.8 Å². The summed E-state index contributed by atoms with van der Waals surface area (Å²) in [5, 5.41) is 8.82. The summed E-state index contributed by atoms with van der Waals surface area (Å²) < 4.78 is 14.9. The number of hydrogen-bond donors (Lipinski definition) is 1. The minimum absolute atomic E-state index is 0.172. The van der Waals surface area contributed by atoms with Crippen LogP contribution in [0.1, 0.15) is 20.8 Å². The number of rotatable bonds is 3. The third kappa shape index (κ3) is 2.66. The van der Waals surface area contributed by atoms with Crippen molar-refractivity contribution >= 4 is 11.9 Å². The van der Waals surface area contributed by atoms with Crippen LogP contribution in [0.4, 0.5) is 0 Å². The Morgan fingerprint density at radius 1 is 1.33 bits per heavy atom. The average Bonchev–Trinajstić information content (AvgIpc) is 2.42. The topological polar surface area (TPSA) is 82.1 Å². The van der Waals surface area contributed by atoms with Crippen LogP contribution in [0, 0.1) is 0 Å². The number of ether oxygens (including phenoxy) is 3. The maximum absolute atomic E-state index is 11.4. The summed E-state index contributed by atoms with van der Waals surface area (Å²) in [6.45, 7) is 4.89. The first-order valence-electron chi connectivity index (χ1n) is 4.62. The van der Waals surface area contributed by atoms with Crippen molar-refractivity contribution in [3.05, 3.63) is 0 Å². The van der Waals surface area contributed by atoms with Gasteiger partial charge >= 0.3 is 11.9 Å². The molecule has 0 bridgehead atoms. The van der Waals surface area contributed by atoms with E-state index in [1.165, 1.54) is 0 Å². The monoisotopic (exact) mass is 218 g/mol. The lowest BCUT2D eigenvalue weighted by molar-refractivity contribution is -0.171. The molecule has 0 amide bonds. The Morgan fingerprint density at radius 2 is 1.87 bits per heavy atom. The van der Waals surface area contributed by atoms with Gasteiger partial charge in [0.05, 0.1) is 6.61 Å². The van der Waals surface area contributed by atoms with Crippen molar-refractivity contribution < 1.29 is 28.9 Å². The number of carboxylic acids is 1. The number of carbonyl (C=O) groups is 2. The highest BCUT2D eigenvalue weighted by Gasteiger charge is 2.49. The van der Waals surface area contributed by atoms with E-state index in [0.29, 0.717) is 0 Å². The maximum Gasteiger partial charge on any atom is 0.338 e. The largest absolute Gasteiger partial charge is 0.479 e. The van der Waals surface area contributed by atoms with Crippen LogP contribution in [0.25, 0.3) is 0 Å². The van der Waals surface area contributed by atoms with Crippen molar-refractivity contribution in [2.75, 3.05) is 6.61 Å². The lowest BCUT2D eigenvalue weighted by Gasteiger charge is -2.15. The number of esters is 1. The molecule has 0 aromatic rings. The Labute approximate surface area is 87.1 Å². The Hall–Kier alpha value is -1.14. The normalized spacial score (nSPS) is 28.7. The highest BCUT2D eigenvalue weighted by molar-refractivity contribution is 5.85. The Kier molecular flexibility index (Phi) is 3.31. The van der Waals surface area contributed by atoms with Gasteiger partial charge in [-0.05, 0) is 20.8 Å². The maximum atomic E-state index is 11.4. The number of carbonyl (C=O) groups excluding carboxylic acids is 1. The van der Waals surface area contributed by atoms with Crippen molar-refractivity contribution in [3.63, 3.8) is 0 Å². The third-order valence-electron chi connectivity index (χ3n) is 1.86. The first-order valence-corrected chi connectivity index (χ1v) is 4.62. The predicted octanol–water partition coefficient (Wildman–Crippen LogP) is 0.154. The molecule has 0 spiro atoms. The lowest BCUT2D eigenvalue weighted by Crippen LogP contribution is -2.38. The number of aliphatic carboxylic acids is 1. The van der Waals surface area contributed by atoms with Gasteiger partial charge < -0.3 is 19.3 Å². The van der Waals surface area contributed by atoms with Crippen molar-refractivity contribution in [1.82, 2.24) is 0 Å². The standard InChI is InChI=1S/C9H14O6/c1-4-13-8(12)6-5(7(10)11)14-9(2,3)15-6/h5-6H,4H2,1-3H3,(H,10,11)/t5-,6?/m0/s1. The van der Waals surface area contributed by atoms with Gasteiger partial charge in [0, 0.05) is 0 Å². The van der Waals surface area contributed by atoms with Gasteiger partial charge in [0.2, 0.25) is 0 Å². The summed E-state index contributed by atoms with van der Waals surface area (Å²) in [6.07, 6.45) is -2.50. The second-order valence-electron chi connectivity index (χ2n) is 3.57. The van der Waals surface area contributed by atoms with Crippen LogP contribution in [0.2, 0.25) is 0 Å². The van der Waals surface area contributed by atoms with Crippen LogP contribution < -0.4 is 0 Å². The second-order valence-corrected chi connectivity index (χ2v) is 3.57. The molecule has 1 saturated heterocycles. The molecule has 1 unspecified atom stereocenters. The van der Waals surface area contributed by atoms with E-state index in [9.17, 15) is 9.59 Å². The second kappa shape index (κ2) is 4.16. The summed E-state index contributed by atoms with van der Waals surface area (Å²) in [7, 11) is 0. The summed E-state index contributed by atoms with van der Waals surface area (Å²) in [4.78, 5) is 22.2. The van der Waals surface area contributed by atoms with E-state index in [-0.39, 0.29) is 6.61 Å². The molecular formula is C9H14O6. The average molecular weight is 218 g/mol. The van der Waals surface area contributed by atoms with Crippen LogP contribution in [-0.4, -0.2) is 41.6 Å². The minimum Gasteiger partial charge on any atom is -0.479 e. The Bertz CT molecular complexity index is 272. The fourth-order valence-electron chi connectivity index (χ4n) is 1.34. The van der Waals surface area contributed by atoms with Crippen molar-refractivity contribution in [3.8, 4) is 0 Å². The quantitative estimate of drug-likeness (QED) is 0.679. The van der Waals surface area contributed by atoms with Crippen LogP contribution in [0.3, 0.4) is 0 Å². The van der Waals surface area contributed by atoms with Gasteiger partial charge in [0.1, 0.15) is 0 Å². The van der Waals surface area contributed by atoms with Gasteiger partial charge in [0.25, 0.3) is 0 Å². The van der Waals surface area contributed by atoms with Crippen molar-refractivity contribution in [1.29, 1.82) is 0 Å². The third-order valence-corrected chi connectivity index (χ3v) is 1.86. The fourth-order valence-corrected chi connectivity index (χ4v) is 1.34. The molecule has 1 N–H and O–H groups in total. The molecule has 0 aliphatic carbocycles. The van der Waals surface area contributed by atoms with Crippen molar-refractivity contribution in [2.24, 2.45) is 0 Å². The molecule has 15 heavy (non-hydrogen) atoms. The summed E-state index contributed by atoms with van der Waals surface area (Å²) in [5.41, 5.74) is 0. The molecule has 1 aliphatic heterocycles. The zero-order chi connectivity index (χ0) is 11.6. The Balaban J connectivity index is 2.77.